The zero-order valence-corrected chi connectivity index (χ0v) is 9.37. The second kappa shape index (κ2) is 5.12. The molecular weight excluding hydrogens is 216 g/mol. The van der Waals surface area contributed by atoms with Crippen LogP contribution in [0, 0.1) is 0 Å². The lowest BCUT2D eigenvalue weighted by Crippen LogP contribution is -1.82. The minimum atomic E-state index is 0.139. The molecule has 0 spiro atoms. The Labute approximate surface area is 99.2 Å². The number of benzene rings is 2. The van der Waals surface area contributed by atoms with Gasteiger partial charge in [-0.25, -0.2) is 0 Å². The van der Waals surface area contributed by atoms with Crippen molar-refractivity contribution in [1.82, 2.24) is 0 Å². The van der Waals surface area contributed by atoms with Gasteiger partial charge in [0.25, 0.3) is 0 Å². The van der Waals surface area contributed by atoms with Gasteiger partial charge in [0.1, 0.15) is 17.2 Å². The van der Waals surface area contributed by atoms with E-state index in [0.29, 0.717) is 11.4 Å². The molecule has 2 aromatic rings. The van der Waals surface area contributed by atoms with Crippen LogP contribution in [0.1, 0.15) is 0 Å². The zero-order chi connectivity index (χ0) is 12.1. The van der Waals surface area contributed by atoms with Gasteiger partial charge in [-0.05, 0) is 24.3 Å². The molecule has 17 heavy (non-hydrogen) atoms. The van der Waals surface area contributed by atoms with Crippen LogP contribution in [0.25, 0.3) is 0 Å². The highest BCUT2D eigenvalue weighted by molar-refractivity contribution is 5.54. The summed E-state index contributed by atoms with van der Waals surface area (Å²) in [6, 6.07) is 14.1. The van der Waals surface area contributed by atoms with Gasteiger partial charge in [0, 0.05) is 6.07 Å². The van der Waals surface area contributed by atoms with Crippen LogP contribution in [-0.4, -0.2) is 12.2 Å². The van der Waals surface area contributed by atoms with Crippen LogP contribution in [0.2, 0.25) is 0 Å². The molecule has 4 nitrogen and oxygen atoms in total. The van der Waals surface area contributed by atoms with Gasteiger partial charge >= 0.3 is 0 Å². The van der Waals surface area contributed by atoms with E-state index in [1.54, 1.807) is 12.1 Å². The maximum atomic E-state index is 9.30. The molecule has 4 heteroatoms. The summed E-state index contributed by atoms with van der Waals surface area (Å²) in [5.41, 5.74) is 1.34. The SMILES string of the molecule is COc1cc(O)ccc1N=Nc1ccccc1. The first-order valence-corrected chi connectivity index (χ1v) is 5.13. The van der Waals surface area contributed by atoms with Crippen LogP contribution in [0.15, 0.2) is 58.8 Å². The lowest BCUT2D eigenvalue weighted by molar-refractivity contribution is 0.408. The van der Waals surface area contributed by atoms with Crippen molar-refractivity contribution < 1.29 is 9.84 Å². The Bertz CT molecular complexity index is 524. The van der Waals surface area contributed by atoms with Crippen LogP contribution in [0.3, 0.4) is 0 Å². The monoisotopic (exact) mass is 228 g/mol. The maximum absolute atomic E-state index is 9.30. The van der Waals surface area contributed by atoms with Gasteiger partial charge in [-0.3, -0.25) is 0 Å². The van der Waals surface area contributed by atoms with E-state index in [2.05, 4.69) is 10.2 Å². The largest absolute Gasteiger partial charge is 0.508 e. The summed E-state index contributed by atoms with van der Waals surface area (Å²) in [5.74, 6) is 0.630. The summed E-state index contributed by atoms with van der Waals surface area (Å²) in [7, 11) is 1.52. The number of ether oxygens (including phenoxy) is 1. The molecule has 0 saturated heterocycles. The molecule has 2 aromatic carbocycles. The molecule has 86 valence electrons. The van der Waals surface area contributed by atoms with Crippen molar-refractivity contribution in [2.75, 3.05) is 7.11 Å². The number of phenols is 1. The lowest BCUT2D eigenvalue weighted by atomic mass is 10.3. The molecule has 0 radical (unpaired) electrons. The van der Waals surface area contributed by atoms with Crippen molar-refractivity contribution >= 4 is 11.4 Å². The van der Waals surface area contributed by atoms with Crippen molar-refractivity contribution in [3.8, 4) is 11.5 Å². The number of nitrogens with zero attached hydrogens (tertiary/aromatic N) is 2. The van der Waals surface area contributed by atoms with E-state index in [1.807, 2.05) is 30.3 Å². The predicted molar refractivity (Wildman–Crippen MR) is 65.3 cm³/mol. The van der Waals surface area contributed by atoms with E-state index in [9.17, 15) is 5.11 Å². The summed E-state index contributed by atoms with van der Waals surface area (Å²) in [6.07, 6.45) is 0. The van der Waals surface area contributed by atoms with Crippen LogP contribution < -0.4 is 4.74 Å². The number of azo groups is 1. The highest BCUT2D eigenvalue weighted by Crippen LogP contribution is 2.32. The minimum absolute atomic E-state index is 0.139. The van der Waals surface area contributed by atoms with Gasteiger partial charge in [-0.15, -0.1) is 5.11 Å². The second-order valence-electron chi connectivity index (χ2n) is 3.39. The summed E-state index contributed by atoms with van der Waals surface area (Å²) in [5, 5.41) is 17.5. The third kappa shape index (κ3) is 2.81. The van der Waals surface area contributed by atoms with Crippen molar-refractivity contribution in [3.63, 3.8) is 0 Å². The topological polar surface area (TPSA) is 54.2 Å². The Hall–Kier alpha value is -2.36. The van der Waals surface area contributed by atoms with Crippen molar-refractivity contribution in [2.24, 2.45) is 10.2 Å². The molecule has 1 N–H and O–H groups in total. The van der Waals surface area contributed by atoms with Gasteiger partial charge in [0.05, 0.1) is 12.8 Å². The Morgan fingerprint density at radius 3 is 2.47 bits per heavy atom. The Morgan fingerprint density at radius 1 is 1.00 bits per heavy atom. The molecule has 0 bridgehead atoms. The number of phenolic OH excluding ortho intramolecular Hbond substituents is 1. The van der Waals surface area contributed by atoms with Crippen LogP contribution >= 0.6 is 0 Å². The average Bonchev–Trinajstić information content (AvgIpc) is 2.38. The molecule has 0 aromatic heterocycles. The highest BCUT2D eigenvalue weighted by atomic mass is 16.5. The number of methoxy groups -OCH3 is 1. The highest BCUT2D eigenvalue weighted by Gasteiger charge is 2.02. The third-order valence-electron chi connectivity index (χ3n) is 2.19. The quantitative estimate of drug-likeness (QED) is 0.812. The normalized spacial score (nSPS) is 10.6. The van der Waals surface area contributed by atoms with Crippen LogP contribution in [0.4, 0.5) is 11.4 Å². The molecule has 0 aliphatic heterocycles. The fraction of sp³-hybridized carbons (Fsp3) is 0.0769. The van der Waals surface area contributed by atoms with Gasteiger partial charge < -0.3 is 9.84 Å². The molecule has 0 heterocycles. The number of aromatic hydroxyl groups is 1. The first kappa shape index (κ1) is 11.1. The summed E-state index contributed by atoms with van der Waals surface area (Å²) < 4.78 is 5.10. The van der Waals surface area contributed by atoms with Gasteiger partial charge in [-0.1, -0.05) is 18.2 Å². The summed E-state index contributed by atoms with van der Waals surface area (Å²) in [6.45, 7) is 0. The van der Waals surface area contributed by atoms with E-state index in [0.717, 1.165) is 5.69 Å². The molecule has 0 aliphatic carbocycles. The zero-order valence-electron chi connectivity index (χ0n) is 9.37. The molecule has 0 aliphatic rings. The standard InChI is InChI=1S/C13H12N2O2/c1-17-13-9-11(16)7-8-12(13)15-14-10-5-3-2-4-6-10/h2-9,16H,1H3. The van der Waals surface area contributed by atoms with Crippen molar-refractivity contribution in [3.05, 3.63) is 48.5 Å². The average molecular weight is 228 g/mol. The lowest BCUT2D eigenvalue weighted by Gasteiger charge is -2.03. The van der Waals surface area contributed by atoms with E-state index in [4.69, 9.17) is 4.74 Å². The van der Waals surface area contributed by atoms with Gasteiger partial charge in [0.15, 0.2) is 0 Å². The molecular formula is C13H12N2O2. The first-order valence-electron chi connectivity index (χ1n) is 5.13. The molecule has 0 unspecified atom stereocenters. The smallest absolute Gasteiger partial charge is 0.150 e. The fourth-order valence-corrected chi connectivity index (χ4v) is 1.36. The van der Waals surface area contributed by atoms with Crippen LogP contribution in [0.5, 0.6) is 11.5 Å². The van der Waals surface area contributed by atoms with Crippen molar-refractivity contribution in [1.29, 1.82) is 0 Å². The second-order valence-corrected chi connectivity index (χ2v) is 3.39. The maximum Gasteiger partial charge on any atom is 0.150 e. The number of rotatable bonds is 3. The van der Waals surface area contributed by atoms with E-state index < -0.39 is 0 Å². The fourth-order valence-electron chi connectivity index (χ4n) is 1.36. The summed E-state index contributed by atoms with van der Waals surface area (Å²) >= 11 is 0. The van der Waals surface area contributed by atoms with Crippen molar-refractivity contribution in [2.45, 2.75) is 0 Å². The Balaban J connectivity index is 2.27. The van der Waals surface area contributed by atoms with Gasteiger partial charge in [0.2, 0.25) is 0 Å². The predicted octanol–water partition coefficient (Wildman–Crippen LogP) is 3.82. The Kier molecular flexibility index (Phi) is 3.35. The number of hydrogen-bond acceptors (Lipinski definition) is 4. The third-order valence-corrected chi connectivity index (χ3v) is 2.19. The molecule has 0 fully saturated rings. The first-order chi connectivity index (χ1) is 8.29. The molecule has 2 rings (SSSR count). The minimum Gasteiger partial charge on any atom is -0.508 e. The van der Waals surface area contributed by atoms with E-state index >= 15 is 0 Å². The molecule has 0 amide bonds. The Morgan fingerprint density at radius 2 is 1.76 bits per heavy atom. The number of hydrogen-bond donors (Lipinski definition) is 1. The van der Waals surface area contributed by atoms with E-state index in [1.165, 1.54) is 13.2 Å². The van der Waals surface area contributed by atoms with Gasteiger partial charge in [-0.2, -0.15) is 5.11 Å². The molecule has 0 saturated carbocycles. The van der Waals surface area contributed by atoms with Crippen LogP contribution in [-0.2, 0) is 0 Å². The molecule has 0 atom stereocenters. The summed E-state index contributed by atoms with van der Waals surface area (Å²) in [4.78, 5) is 0. The van der Waals surface area contributed by atoms with E-state index in [-0.39, 0.29) is 5.75 Å².